The minimum Gasteiger partial charge on any atom is -0.377 e. The van der Waals surface area contributed by atoms with E-state index in [2.05, 4.69) is 12.2 Å². The average Bonchev–Trinajstić information content (AvgIpc) is 2.57. The molecule has 0 aromatic rings. The summed E-state index contributed by atoms with van der Waals surface area (Å²) < 4.78 is 16.9. The second kappa shape index (κ2) is 6.51. The van der Waals surface area contributed by atoms with Crippen LogP contribution >= 0.6 is 0 Å². The van der Waals surface area contributed by atoms with Crippen molar-refractivity contribution in [2.75, 3.05) is 31.2 Å². The first-order chi connectivity index (χ1) is 6.33. The molecule has 1 aliphatic rings. The molecule has 1 rings (SSSR count). The van der Waals surface area contributed by atoms with Crippen LogP contribution in [0.1, 0.15) is 19.8 Å². The van der Waals surface area contributed by atoms with Crippen LogP contribution in [0, 0.1) is 0 Å². The third-order valence-corrected chi connectivity index (χ3v) is 3.56. The average molecular weight is 205 g/mol. The molecule has 0 spiro atoms. The molecule has 1 fully saturated rings. The zero-order valence-electron chi connectivity index (χ0n) is 8.25. The molecule has 0 saturated carbocycles. The summed E-state index contributed by atoms with van der Waals surface area (Å²) in [5, 5.41) is 3.17. The van der Waals surface area contributed by atoms with E-state index in [-0.39, 0.29) is 6.10 Å². The molecular weight excluding hydrogens is 186 g/mol. The second-order valence-corrected chi connectivity index (χ2v) is 4.92. The summed E-state index contributed by atoms with van der Waals surface area (Å²) in [6.45, 7) is 4.73. The largest absolute Gasteiger partial charge is 0.377 e. The Balaban J connectivity index is 2.02. The number of hydrogen-bond donors (Lipinski definition) is 1. The molecule has 0 aromatic heterocycles. The van der Waals surface area contributed by atoms with E-state index in [4.69, 9.17) is 4.74 Å². The van der Waals surface area contributed by atoms with Gasteiger partial charge >= 0.3 is 0 Å². The molecule has 3 nitrogen and oxygen atoms in total. The molecule has 78 valence electrons. The molecule has 0 bridgehead atoms. The Labute approximate surface area is 82.7 Å². The number of nitrogens with one attached hydrogen (secondary N) is 1. The van der Waals surface area contributed by atoms with Gasteiger partial charge in [-0.1, -0.05) is 6.92 Å². The lowest BCUT2D eigenvalue weighted by Crippen LogP contribution is -2.24. The summed E-state index contributed by atoms with van der Waals surface area (Å²) in [6, 6.07) is 0. The highest BCUT2D eigenvalue weighted by atomic mass is 32.2. The van der Waals surface area contributed by atoms with Crippen LogP contribution in [-0.4, -0.2) is 41.5 Å². The van der Waals surface area contributed by atoms with Crippen molar-refractivity contribution in [2.45, 2.75) is 25.9 Å². The Morgan fingerprint density at radius 1 is 1.62 bits per heavy atom. The first-order valence-corrected chi connectivity index (χ1v) is 6.49. The molecule has 1 N–H and O–H groups in total. The third-order valence-electron chi connectivity index (χ3n) is 2.15. The summed E-state index contributed by atoms with van der Waals surface area (Å²) in [4.78, 5) is 0. The molecule has 1 aliphatic heterocycles. The second-order valence-electron chi connectivity index (χ2n) is 3.30. The standard InChI is InChI=1S/C9H19NO2S/c1-2-10-5-7-13(11)8-9-4-3-6-12-9/h9-10H,2-8H2,1H3. The van der Waals surface area contributed by atoms with Crippen molar-refractivity contribution >= 4 is 10.8 Å². The van der Waals surface area contributed by atoms with Crippen LogP contribution in [0.4, 0.5) is 0 Å². The van der Waals surface area contributed by atoms with Gasteiger partial charge in [-0.25, -0.2) is 0 Å². The van der Waals surface area contributed by atoms with E-state index in [1.54, 1.807) is 0 Å². The van der Waals surface area contributed by atoms with Crippen molar-refractivity contribution in [2.24, 2.45) is 0 Å². The van der Waals surface area contributed by atoms with Gasteiger partial charge in [-0.2, -0.15) is 0 Å². The Hall–Kier alpha value is 0.0700. The molecule has 4 heteroatoms. The summed E-state index contributed by atoms with van der Waals surface area (Å²) in [6.07, 6.45) is 2.49. The molecule has 0 aromatic carbocycles. The lowest BCUT2D eigenvalue weighted by Gasteiger charge is -2.08. The van der Waals surface area contributed by atoms with Gasteiger partial charge in [-0.15, -0.1) is 0 Å². The Morgan fingerprint density at radius 2 is 2.46 bits per heavy atom. The van der Waals surface area contributed by atoms with Crippen LogP contribution in [0.3, 0.4) is 0 Å². The van der Waals surface area contributed by atoms with Gasteiger partial charge < -0.3 is 10.1 Å². The van der Waals surface area contributed by atoms with E-state index in [1.165, 1.54) is 0 Å². The van der Waals surface area contributed by atoms with Crippen molar-refractivity contribution in [3.63, 3.8) is 0 Å². The van der Waals surface area contributed by atoms with Crippen molar-refractivity contribution in [1.29, 1.82) is 0 Å². The van der Waals surface area contributed by atoms with Gasteiger partial charge in [0.15, 0.2) is 0 Å². The summed E-state index contributed by atoms with van der Waals surface area (Å²) in [5.41, 5.74) is 0. The van der Waals surface area contributed by atoms with Gasteiger partial charge in [0.25, 0.3) is 0 Å². The Bertz CT molecular complexity index is 158. The van der Waals surface area contributed by atoms with Crippen molar-refractivity contribution < 1.29 is 8.95 Å². The third kappa shape index (κ3) is 4.74. The monoisotopic (exact) mass is 205 g/mol. The van der Waals surface area contributed by atoms with Gasteiger partial charge in [-0.3, -0.25) is 4.21 Å². The van der Waals surface area contributed by atoms with Crippen LogP contribution in [0.25, 0.3) is 0 Å². The molecule has 0 amide bonds. The molecule has 2 unspecified atom stereocenters. The zero-order valence-corrected chi connectivity index (χ0v) is 9.07. The fraction of sp³-hybridized carbons (Fsp3) is 1.00. The maximum atomic E-state index is 11.5. The van der Waals surface area contributed by atoms with E-state index < -0.39 is 10.8 Å². The van der Waals surface area contributed by atoms with Crippen LogP contribution in [0.15, 0.2) is 0 Å². The van der Waals surface area contributed by atoms with Crippen molar-refractivity contribution in [1.82, 2.24) is 5.32 Å². The molecule has 1 heterocycles. The highest BCUT2D eigenvalue weighted by molar-refractivity contribution is 7.85. The zero-order chi connectivity index (χ0) is 9.52. The van der Waals surface area contributed by atoms with E-state index in [1.807, 2.05) is 0 Å². The smallest absolute Gasteiger partial charge is 0.0691 e. The first-order valence-electron chi connectivity index (χ1n) is 5.00. The number of rotatable bonds is 6. The Morgan fingerprint density at radius 3 is 3.08 bits per heavy atom. The lowest BCUT2D eigenvalue weighted by molar-refractivity contribution is 0.128. The molecule has 0 aliphatic carbocycles. The van der Waals surface area contributed by atoms with Crippen LogP contribution in [0.5, 0.6) is 0 Å². The Kier molecular flexibility index (Phi) is 5.58. The molecule has 0 radical (unpaired) electrons. The summed E-state index contributed by atoms with van der Waals surface area (Å²) in [5.74, 6) is 1.49. The van der Waals surface area contributed by atoms with Crippen molar-refractivity contribution in [3.05, 3.63) is 0 Å². The maximum absolute atomic E-state index is 11.5. The van der Waals surface area contributed by atoms with E-state index >= 15 is 0 Å². The summed E-state index contributed by atoms with van der Waals surface area (Å²) >= 11 is 0. The maximum Gasteiger partial charge on any atom is 0.0691 e. The summed E-state index contributed by atoms with van der Waals surface area (Å²) in [7, 11) is -0.699. The lowest BCUT2D eigenvalue weighted by atomic mass is 10.3. The van der Waals surface area contributed by atoms with Gasteiger partial charge in [0.05, 0.1) is 6.10 Å². The molecular formula is C9H19NO2S. The fourth-order valence-electron chi connectivity index (χ4n) is 1.43. The highest BCUT2D eigenvalue weighted by Gasteiger charge is 2.17. The fourth-order valence-corrected chi connectivity index (χ4v) is 2.65. The minimum absolute atomic E-state index is 0.266. The normalized spacial score (nSPS) is 24.8. The van der Waals surface area contributed by atoms with Gasteiger partial charge in [0, 0.05) is 35.5 Å². The van der Waals surface area contributed by atoms with E-state index in [0.717, 1.165) is 44.0 Å². The molecule has 2 atom stereocenters. The first kappa shape index (κ1) is 11.1. The molecule has 13 heavy (non-hydrogen) atoms. The van der Waals surface area contributed by atoms with Gasteiger partial charge in [0.1, 0.15) is 0 Å². The quantitative estimate of drug-likeness (QED) is 0.643. The SMILES string of the molecule is CCNCCS(=O)CC1CCCO1. The molecule has 1 saturated heterocycles. The van der Waals surface area contributed by atoms with Gasteiger partial charge in [-0.05, 0) is 19.4 Å². The predicted octanol–water partition coefficient (Wildman–Crippen LogP) is 0.524. The number of ether oxygens (including phenoxy) is 1. The van der Waals surface area contributed by atoms with Crippen LogP contribution in [-0.2, 0) is 15.5 Å². The highest BCUT2D eigenvalue weighted by Crippen LogP contribution is 2.12. The van der Waals surface area contributed by atoms with Crippen LogP contribution < -0.4 is 5.32 Å². The number of hydrogen-bond acceptors (Lipinski definition) is 3. The van der Waals surface area contributed by atoms with Crippen LogP contribution in [0.2, 0.25) is 0 Å². The topological polar surface area (TPSA) is 38.3 Å². The van der Waals surface area contributed by atoms with E-state index in [9.17, 15) is 4.21 Å². The van der Waals surface area contributed by atoms with Crippen molar-refractivity contribution in [3.8, 4) is 0 Å². The minimum atomic E-state index is -0.699. The van der Waals surface area contributed by atoms with E-state index in [0.29, 0.717) is 0 Å². The predicted molar refractivity (Wildman–Crippen MR) is 55.4 cm³/mol. The van der Waals surface area contributed by atoms with Gasteiger partial charge in [0.2, 0.25) is 0 Å².